The average Bonchev–Trinajstić information content (AvgIpc) is 2.47. The maximum atomic E-state index is 12.1. The predicted molar refractivity (Wildman–Crippen MR) is 75.7 cm³/mol. The van der Waals surface area contributed by atoms with Crippen molar-refractivity contribution in [3.8, 4) is 5.75 Å². The highest BCUT2D eigenvalue weighted by molar-refractivity contribution is 5.98. The van der Waals surface area contributed by atoms with Gasteiger partial charge in [0.1, 0.15) is 5.75 Å². The summed E-state index contributed by atoms with van der Waals surface area (Å²) in [7, 11) is 0. The van der Waals surface area contributed by atoms with E-state index in [0.717, 1.165) is 5.56 Å². The molecule has 0 N–H and O–H groups in total. The first-order valence-corrected chi connectivity index (χ1v) is 6.94. The maximum Gasteiger partial charge on any atom is 0.326 e. The first kappa shape index (κ1) is 15.1. The van der Waals surface area contributed by atoms with E-state index >= 15 is 0 Å². The minimum atomic E-state index is -1.00. The minimum Gasteiger partial charge on any atom is -0.502 e. The Kier molecular flexibility index (Phi) is 4.98. The molecule has 5 nitrogen and oxygen atoms in total. The summed E-state index contributed by atoms with van der Waals surface area (Å²) in [6.45, 7) is 4.28. The van der Waals surface area contributed by atoms with Crippen LogP contribution in [-0.4, -0.2) is 25.2 Å². The van der Waals surface area contributed by atoms with Crippen molar-refractivity contribution in [3.63, 3.8) is 0 Å². The minimum absolute atomic E-state index is 0.214. The van der Waals surface area contributed by atoms with E-state index in [4.69, 9.17) is 14.2 Å². The molecule has 1 aliphatic rings. The number of hydrogen-bond donors (Lipinski definition) is 0. The number of para-hydroxylation sites is 1. The van der Waals surface area contributed by atoms with Crippen LogP contribution in [0.4, 0.5) is 0 Å². The Labute approximate surface area is 123 Å². The summed E-state index contributed by atoms with van der Waals surface area (Å²) in [5.41, 5.74) is 0.770. The third-order valence-corrected chi connectivity index (χ3v) is 3.19. The number of esters is 2. The van der Waals surface area contributed by atoms with Crippen molar-refractivity contribution in [1.82, 2.24) is 0 Å². The zero-order valence-corrected chi connectivity index (χ0v) is 12.1. The lowest BCUT2D eigenvalue weighted by Gasteiger charge is -2.28. The Morgan fingerprint density at radius 1 is 1.29 bits per heavy atom. The molecule has 2 atom stereocenters. The second-order valence-electron chi connectivity index (χ2n) is 4.50. The SMILES string of the molecule is CCO/C=C\[C@@H]1c2ccccc2OC(=O)[C@H]1C(=O)OCC. The Hall–Kier alpha value is -2.30. The summed E-state index contributed by atoms with van der Waals surface area (Å²) in [6.07, 6.45) is 3.20. The van der Waals surface area contributed by atoms with Crippen molar-refractivity contribution in [2.45, 2.75) is 19.8 Å². The van der Waals surface area contributed by atoms with Gasteiger partial charge in [-0.2, -0.15) is 0 Å². The summed E-state index contributed by atoms with van der Waals surface area (Å²) in [5, 5.41) is 0. The molecule has 0 fully saturated rings. The van der Waals surface area contributed by atoms with Crippen LogP contribution in [0.15, 0.2) is 36.6 Å². The summed E-state index contributed by atoms with van der Waals surface area (Å²) in [5.74, 6) is -2.17. The molecule has 5 heteroatoms. The quantitative estimate of drug-likeness (QED) is 0.361. The maximum absolute atomic E-state index is 12.1. The van der Waals surface area contributed by atoms with E-state index in [9.17, 15) is 9.59 Å². The molecular weight excluding hydrogens is 272 g/mol. The number of benzene rings is 1. The van der Waals surface area contributed by atoms with Gasteiger partial charge in [0.25, 0.3) is 0 Å². The van der Waals surface area contributed by atoms with Gasteiger partial charge in [0.2, 0.25) is 0 Å². The lowest BCUT2D eigenvalue weighted by atomic mass is 9.83. The molecule has 0 amide bonds. The smallest absolute Gasteiger partial charge is 0.326 e. The fraction of sp³-hybridized carbons (Fsp3) is 0.375. The van der Waals surface area contributed by atoms with Gasteiger partial charge in [0.05, 0.1) is 19.5 Å². The summed E-state index contributed by atoms with van der Waals surface area (Å²) in [4.78, 5) is 24.2. The molecule has 0 saturated carbocycles. The van der Waals surface area contributed by atoms with Crippen molar-refractivity contribution < 1.29 is 23.8 Å². The van der Waals surface area contributed by atoms with Crippen LogP contribution in [0.25, 0.3) is 0 Å². The van der Waals surface area contributed by atoms with Crippen molar-refractivity contribution >= 4 is 11.9 Å². The van der Waals surface area contributed by atoms with Gasteiger partial charge in [-0.25, -0.2) is 0 Å². The number of carbonyl (C=O) groups excluding carboxylic acids is 2. The van der Waals surface area contributed by atoms with E-state index in [2.05, 4.69) is 0 Å². The number of rotatable bonds is 5. The average molecular weight is 290 g/mol. The Balaban J connectivity index is 2.38. The van der Waals surface area contributed by atoms with Crippen molar-refractivity contribution in [3.05, 3.63) is 42.2 Å². The monoisotopic (exact) mass is 290 g/mol. The molecule has 0 radical (unpaired) electrons. The Morgan fingerprint density at radius 2 is 2.05 bits per heavy atom. The van der Waals surface area contributed by atoms with Gasteiger partial charge in [-0.15, -0.1) is 0 Å². The second-order valence-corrected chi connectivity index (χ2v) is 4.50. The van der Waals surface area contributed by atoms with Gasteiger partial charge >= 0.3 is 11.9 Å². The zero-order valence-electron chi connectivity index (χ0n) is 12.1. The van der Waals surface area contributed by atoms with E-state index < -0.39 is 23.8 Å². The van der Waals surface area contributed by atoms with Gasteiger partial charge in [-0.1, -0.05) is 18.2 Å². The molecule has 1 aromatic rings. The molecular formula is C16H18O5. The first-order valence-electron chi connectivity index (χ1n) is 6.94. The van der Waals surface area contributed by atoms with Gasteiger partial charge in [0, 0.05) is 11.5 Å². The lowest BCUT2D eigenvalue weighted by molar-refractivity contribution is -0.158. The zero-order chi connectivity index (χ0) is 15.2. The second kappa shape index (κ2) is 6.92. The number of carbonyl (C=O) groups is 2. The summed E-state index contributed by atoms with van der Waals surface area (Å²) in [6, 6.07) is 7.15. The fourth-order valence-corrected chi connectivity index (χ4v) is 2.27. The van der Waals surface area contributed by atoms with E-state index in [1.54, 1.807) is 25.1 Å². The highest BCUT2D eigenvalue weighted by atomic mass is 16.6. The van der Waals surface area contributed by atoms with Crippen LogP contribution in [-0.2, 0) is 19.1 Å². The largest absolute Gasteiger partial charge is 0.502 e. The molecule has 1 heterocycles. The molecule has 0 unspecified atom stereocenters. The predicted octanol–water partition coefficient (Wildman–Crippen LogP) is 2.42. The van der Waals surface area contributed by atoms with Crippen LogP contribution in [0.3, 0.4) is 0 Å². The molecule has 2 rings (SSSR count). The molecule has 0 spiro atoms. The van der Waals surface area contributed by atoms with Gasteiger partial charge in [0.15, 0.2) is 5.92 Å². The number of ether oxygens (including phenoxy) is 3. The van der Waals surface area contributed by atoms with Crippen molar-refractivity contribution in [1.29, 1.82) is 0 Å². The normalized spacial score (nSPS) is 20.8. The van der Waals surface area contributed by atoms with Crippen LogP contribution >= 0.6 is 0 Å². The standard InChI is InChI=1S/C16H18O5/c1-3-19-10-9-12-11-7-5-6-8-13(11)21-16(18)14(12)15(17)20-4-2/h5-10,12,14H,3-4H2,1-2H3/b10-9-/t12-,14-/m1/s1. The van der Waals surface area contributed by atoms with E-state index in [1.165, 1.54) is 6.26 Å². The van der Waals surface area contributed by atoms with Gasteiger partial charge in [-0.05, 0) is 26.0 Å². The highest BCUT2D eigenvalue weighted by Crippen LogP contribution is 2.39. The number of allylic oxidation sites excluding steroid dienone is 1. The van der Waals surface area contributed by atoms with Crippen LogP contribution < -0.4 is 4.74 Å². The highest BCUT2D eigenvalue weighted by Gasteiger charge is 2.42. The van der Waals surface area contributed by atoms with E-state index in [0.29, 0.717) is 12.4 Å². The Morgan fingerprint density at radius 3 is 2.76 bits per heavy atom. The van der Waals surface area contributed by atoms with Crippen LogP contribution in [0.2, 0.25) is 0 Å². The summed E-state index contributed by atoms with van der Waals surface area (Å²) < 4.78 is 15.4. The Bertz CT molecular complexity index is 549. The third-order valence-electron chi connectivity index (χ3n) is 3.19. The van der Waals surface area contributed by atoms with Gasteiger partial charge < -0.3 is 14.2 Å². The summed E-state index contributed by atoms with van der Waals surface area (Å²) >= 11 is 0. The molecule has 0 aromatic heterocycles. The molecule has 0 aliphatic carbocycles. The van der Waals surface area contributed by atoms with E-state index in [1.807, 2.05) is 19.1 Å². The molecule has 1 aromatic carbocycles. The van der Waals surface area contributed by atoms with Crippen LogP contribution in [0.1, 0.15) is 25.3 Å². The first-order chi connectivity index (χ1) is 10.2. The molecule has 112 valence electrons. The van der Waals surface area contributed by atoms with E-state index in [-0.39, 0.29) is 6.61 Å². The number of fused-ring (bicyclic) bond motifs is 1. The van der Waals surface area contributed by atoms with Crippen LogP contribution in [0.5, 0.6) is 5.75 Å². The van der Waals surface area contributed by atoms with Gasteiger partial charge in [-0.3, -0.25) is 9.59 Å². The van der Waals surface area contributed by atoms with Crippen molar-refractivity contribution in [2.75, 3.05) is 13.2 Å². The molecule has 0 bridgehead atoms. The van der Waals surface area contributed by atoms with Crippen molar-refractivity contribution in [2.24, 2.45) is 5.92 Å². The molecule has 0 saturated heterocycles. The topological polar surface area (TPSA) is 61.8 Å². The molecule has 1 aliphatic heterocycles. The van der Waals surface area contributed by atoms with Crippen LogP contribution in [0, 0.1) is 5.92 Å². The third kappa shape index (κ3) is 3.24. The number of hydrogen-bond acceptors (Lipinski definition) is 5. The molecule has 21 heavy (non-hydrogen) atoms. The fourth-order valence-electron chi connectivity index (χ4n) is 2.27. The lowest BCUT2D eigenvalue weighted by Crippen LogP contribution is -2.37.